The first-order valence-electron chi connectivity index (χ1n) is 8.69. The van der Waals surface area contributed by atoms with E-state index in [-0.39, 0.29) is 18.6 Å². The highest BCUT2D eigenvalue weighted by Crippen LogP contribution is 2.23. The third-order valence-electron chi connectivity index (χ3n) is 4.35. The first kappa shape index (κ1) is 19.2. The van der Waals surface area contributed by atoms with Crippen LogP contribution in [-0.2, 0) is 9.53 Å². The maximum absolute atomic E-state index is 12.2. The highest BCUT2D eigenvalue weighted by molar-refractivity contribution is 5.74. The molecule has 1 heterocycles. The zero-order valence-electron chi connectivity index (χ0n) is 15.4. The van der Waals surface area contributed by atoms with Crippen molar-refractivity contribution in [3.8, 4) is 0 Å². The van der Waals surface area contributed by atoms with E-state index in [1.807, 2.05) is 37.3 Å². The van der Waals surface area contributed by atoms with Crippen molar-refractivity contribution in [3.05, 3.63) is 35.9 Å². The van der Waals surface area contributed by atoms with Gasteiger partial charge in [0, 0.05) is 25.2 Å². The molecule has 25 heavy (non-hydrogen) atoms. The minimum Gasteiger partial charge on any atom is -0.481 e. The van der Waals surface area contributed by atoms with Crippen molar-refractivity contribution in [2.45, 2.75) is 51.8 Å². The van der Waals surface area contributed by atoms with Crippen molar-refractivity contribution in [2.75, 3.05) is 13.1 Å². The molecule has 2 rings (SSSR count). The SMILES string of the molecule is C[C@@H](N[C@H]1CCN(C(=O)OC(C)(C)C)C[C@@H]1C(=O)O)c1ccccc1. The number of amides is 1. The lowest BCUT2D eigenvalue weighted by molar-refractivity contribution is -0.144. The molecule has 6 heteroatoms. The number of benzene rings is 1. The van der Waals surface area contributed by atoms with Gasteiger partial charge in [0.15, 0.2) is 0 Å². The van der Waals surface area contributed by atoms with E-state index in [0.717, 1.165) is 5.56 Å². The van der Waals surface area contributed by atoms with E-state index in [4.69, 9.17) is 4.74 Å². The van der Waals surface area contributed by atoms with Crippen LogP contribution in [0.4, 0.5) is 4.79 Å². The van der Waals surface area contributed by atoms with E-state index >= 15 is 0 Å². The van der Waals surface area contributed by atoms with Crippen molar-refractivity contribution in [3.63, 3.8) is 0 Å². The lowest BCUT2D eigenvalue weighted by Gasteiger charge is -2.38. The largest absolute Gasteiger partial charge is 0.481 e. The molecule has 1 aromatic carbocycles. The van der Waals surface area contributed by atoms with Gasteiger partial charge in [-0.1, -0.05) is 30.3 Å². The molecule has 1 aromatic rings. The van der Waals surface area contributed by atoms with Crippen LogP contribution < -0.4 is 5.32 Å². The molecule has 3 atom stereocenters. The van der Waals surface area contributed by atoms with E-state index < -0.39 is 23.6 Å². The van der Waals surface area contributed by atoms with Gasteiger partial charge in [0.2, 0.25) is 0 Å². The summed E-state index contributed by atoms with van der Waals surface area (Å²) < 4.78 is 5.36. The van der Waals surface area contributed by atoms with Gasteiger partial charge in [0.05, 0.1) is 5.92 Å². The Labute approximate surface area is 149 Å². The van der Waals surface area contributed by atoms with Crippen molar-refractivity contribution in [1.29, 1.82) is 0 Å². The number of carboxylic acid groups (broad SMARTS) is 1. The number of nitrogens with one attached hydrogen (secondary N) is 1. The molecule has 0 spiro atoms. The molecule has 1 amide bonds. The average molecular weight is 348 g/mol. The number of nitrogens with zero attached hydrogens (tertiary/aromatic N) is 1. The quantitative estimate of drug-likeness (QED) is 0.874. The lowest BCUT2D eigenvalue weighted by Crippen LogP contribution is -2.54. The van der Waals surface area contributed by atoms with Crippen molar-refractivity contribution in [2.24, 2.45) is 5.92 Å². The fraction of sp³-hybridized carbons (Fsp3) is 0.579. The summed E-state index contributed by atoms with van der Waals surface area (Å²) in [6.45, 7) is 8.07. The molecule has 0 bridgehead atoms. The van der Waals surface area contributed by atoms with Crippen LogP contribution in [0.1, 0.15) is 45.7 Å². The van der Waals surface area contributed by atoms with Crippen LogP contribution in [-0.4, -0.2) is 46.8 Å². The summed E-state index contributed by atoms with van der Waals surface area (Å²) in [6, 6.07) is 9.77. The summed E-state index contributed by atoms with van der Waals surface area (Å²) >= 11 is 0. The van der Waals surface area contributed by atoms with Crippen LogP contribution in [0, 0.1) is 5.92 Å². The molecular weight excluding hydrogens is 320 g/mol. The predicted octanol–water partition coefficient (Wildman–Crippen LogP) is 3.05. The number of hydrogen-bond acceptors (Lipinski definition) is 4. The minimum atomic E-state index is -0.897. The van der Waals surface area contributed by atoms with Gasteiger partial charge in [-0.05, 0) is 39.7 Å². The number of rotatable bonds is 4. The number of piperidine rings is 1. The number of aliphatic carboxylic acids is 1. The van der Waals surface area contributed by atoms with Gasteiger partial charge in [-0.25, -0.2) is 4.79 Å². The summed E-state index contributed by atoms with van der Waals surface area (Å²) in [4.78, 5) is 25.4. The van der Waals surface area contributed by atoms with Gasteiger partial charge in [0.25, 0.3) is 0 Å². The Kier molecular flexibility index (Phi) is 6.06. The van der Waals surface area contributed by atoms with Crippen LogP contribution in [0.15, 0.2) is 30.3 Å². The smallest absolute Gasteiger partial charge is 0.410 e. The summed E-state index contributed by atoms with van der Waals surface area (Å²) in [5, 5.41) is 13.0. The number of carbonyl (C=O) groups excluding carboxylic acids is 1. The van der Waals surface area contributed by atoms with E-state index in [1.54, 1.807) is 20.8 Å². The first-order chi connectivity index (χ1) is 11.7. The molecule has 2 N–H and O–H groups in total. The van der Waals surface area contributed by atoms with Gasteiger partial charge >= 0.3 is 12.1 Å². The molecule has 1 aliphatic rings. The maximum atomic E-state index is 12.2. The van der Waals surface area contributed by atoms with E-state index in [9.17, 15) is 14.7 Å². The van der Waals surface area contributed by atoms with Crippen LogP contribution >= 0.6 is 0 Å². The minimum absolute atomic E-state index is 0.0427. The van der Waals surface area contributed by atoms with Gasteiger partial charge in [0.1, 0.15) is 5.60 Å². The number of ether oxygens (including phenoxy) is 1. The standard InChI is InChI=1S/C19H28N2O4/c1-13(14-8-6-5-7-9-14)20-16-10-11-21(12-15(16)17(22)23)18(24)25-19(2,3)4/h5-9,13,15-16,20H,10-12H2,1-4H3,(H,22,23)/t13-,15+,16+/m1/s1. The molecule has 0 unspecified atom stereocenters. The summed E-state index contributed by atoms with van der Waals surface area (Å²) in [5.41, 5.74) is 0.522. The second kappa shape index (κ2) is 7.87. The van der Waals surface area contributed by atoms with Crippen LogP contribution in [0.2, 0.25) is 0 Å². The number of carbonyl (C=O) groups is 2. The molecule has 0 aliphatic carbocycles. The fourth-order valence-electron chi connectivity index (χ4n) is 3.05. The third kappa shape index (κ3) is 5.46. The highest BCUT2D eigenvalue weighted by Gasteiger charge is 2.38. The Hall–Kier alpha value is -2.08. The highest BCUT2D eigenvalue weighted by atomic mass is 16.6. The maximum Gasteiger partial charge on any atom is 0.410 e. The molecule has 1 fully saturated rings. The molecule has 1 aliphatic heterocycles. The molecule has 6 nitrogen and oxygen atoms in total. The lowest BCUT2D eigenvalue weighted by atomic mass is 9.91. The normalized spacial score (nSPS) is 22.3. The van der Waals surface area contributed by atoms with Crippen molar-refractivity contribution < 1.29 is 19.4 Å². The summed E-state index contributed by atoms with van der Waals surface area (Å²) in [6.07, 6.45) is 0.126. The zero-order chi connectivity index (χ0) is 18.6. The predicted molar refractivity (Wildman–Crippen MR) is 95.3 cm³/mol. The first-order valence-corrected chi connectivity index (χ1v) is 8.69. The molecule has 0 aromatic heterocycles. The average Bonchev–Trinajstić information content (AvgIpc) is 2.54. The monoisotopic (exact) mass is 348 g/mol. The van der Waals surface area contributed by atoms with E-state index in [2.05, 4.69) is 5.32 Å². The topological polar surface area (TPSA) is 78.9 Å². The van der Waals surface area contributed by atoms with Gasteiger partial charge in [-0.15, -0.1) is 0 Å². The second-order valence-corrected chi connectivity index (χ2v) is 7.57. The van der Waals surface area contributed by atoms with Gasteiger partial charge < -0.3 is 20.1 Å². The van der Waals surface area contributed by atoms with Gasteiger partial charge in [-0.3, -0.25) is 4.79 Å². The zero-order valence-corrected chi connectivity index (χ0v) is 15.4. The third-order valence-corrected chi connectivity index (χ3v) is 4.35. The fourth-order valence-corrected chi connectivity index (χ4v) is 3.05. The Morgan fingerprint density at radius 1 is 1.28 bits per heavy atom. The van der Waals surface area contributed by atoms with E-state index in [0.29, 0.717) is 13.0 Å². The summed E-state index contributed by atoms with van der Waals surface area (Å²) in [7, 11) is 0. The summed E-state index contributed by atoms with van der Waals surface area (Å²) in [5.74, 6) is -1.56. The Morgan fingerprint density at radius 3 is 2.48 bits per heavy atom. The molecule has 0 saturated carbocycles. The van der Waals surface area contributed by atoms with Crippen LogP contribution in [0.5, 0.6) is 0 Å². The molecule has 0 radical (unpaired) electrons. The molecule has 138 valence electrons. The van der Waals surface area contributed by atoms with Crippen LogP contribution in [0.25, 0.3) is 0 Å². The molecule has 1 saturated heterocycles. The van der Waals surface area contributed by atoms with Crippen molar-refractivity contribution in [1.82, 2.24) is 10.2 Å². The molecular formula is C19H28N2O4. The Morgan fingerprint density at radius 2 is 1.92 bits per heavy atom. The number of likely N-dealkylation sites (tertiary alicyclic amines) is 1. The number of carboxylic acids is 1. The van der Waals surface area contributed by atoms with E-state index in [1.165, 1.54) is 4.90 Å². The Bertz CT molecular complexity index is 597. The Balaban J connectivity index is 2.02. The number of hydrogen-bond donors (Lipinski definition) is 2. The van der Waals surface area contributed by atoms with Crippen molar-refractivity contribution >= 4 is 12.1 Å². The van der Waals surface area contributed by atoms with Gasteiger partial charge in [-0.2, -0.15) is 0 Å². The second-order valence-electron chi connectivity index (χ2n) is 7.57. The van der Waals surface area contributed by atoms with Crippen LogP contribution in [0.3, 0.4) is 0 Å².